The zero-order valence-corrected chi connectivity index (χ0v) is 8.27. The van der Waals surface area contributed by atoms with Crippen LogP contribution in [0, 0.1) is 0 Å². The van der Waals surface area contributed by atoms with Crippen molar-refractivity contribution < 1.29 is 15.3 Å². The Labute approximate surface area is 78.8 Å². The van der Waals surface area contributed by atoms with E-state index in [1.54, 1.807) is 13.8 Å². The van der Waals surface area contributed by atoms with Gasteiger partial charge in [-0.15, -0.1) is 0 Å². The van der Waals surface area contributed by atoms with E-state index in [4.69, 9.17) is 0 Å². The van der Waals surface area contributed by atoms with Crippen LogP contribution in [0.3, 0.4) is 0 Å². The van der Waals surface area contributed by atoms with Crippen molar-refractivity contribution in [3.8, 4) is 0 Å². The van der Waals surface area contributed by atoms with E-state index in [2.05, 4.69) is 0 Å². The van der Waals surface area contributed by atoms with Crippen LogP contribution in [0.15, 0.2) is 0 Å². The van der Waals surface area contributed by atoms with Crippen molar-refractivity contribution >= 4 is 0 Å². The molecule has 78 valence electrons. The van der Waals surface area contributed by atoms with Crippen LogP contribution in [-0.2, 0) is 0 Å². The Morgan fingerprint density at radius 3 is 2.08 bits per heavy atom. The molecule has 0 bridgehead atoms. The third kappa shape index (κ3) is 3.60. The maximum atomic E-state index is 9.46. The highest BCUT2D eigenvalue weighted by molar-refractivity contribution is 4.84. The van der Waals surface area contributed by atoms with Gasteiger partial charge in [-0.05, 0) is 20.3 Å². The highest BCUT2D eigenvalue weighted by Gasteiger charge is 2.29. The van der Waals surface area contributed by atoms with Gasteiger partial charge in [-0.25, -0.2) is 0 Å². The van der Waals surface area contributed by atoms with Gasteiger partial charge in [0.05, 0.1) is 17.8 Å². The van der Waals surface area contributed by atoms with Gasteiger partial charge < -0.3 is 15.3 Å². The second kappa shape index (κ2) is 3.92. The average Bonchev–Trinajstić information content (AvgIpc) is 2.27. The van der Waals surface area contributed by atoms with Crippen LogP contribution in [0.2, 0.25) is 0 Å². The third-order valence-corrected chi connectivity index (χ3v) is 2.37. The zero-order chi connectivity index (χ0) is 10.1. The molecule has 13 heavy (non-hydrogen) atoms. The number of aliphatic hydroxyl groups excluding tert-OH is 2. The van der Waals surface area contributed by atoms with E-state index >= 15 is 0 Å². The minimum Gasteiger partial charge on any atom is -0.390 e. The molecule has 0 radical (unpaired) electrons. The second-order valence-electron chi connectivity index (χ2n) is 4.46. The van der Waals surface area contributed by atoms with Gasteiger partial charge in [-0.3, -0.25) is 4.90 Å². The molecule has 0 aromatic rings. The molecule has 0 unspecified atom stereocenters. The fourth-order valence-electron chi connectivity index (χ4n) is 1.46. The number of nitrogens with zero attached hydrogens (tertiary/aromatic N) is 1. The van der Waals surface area contributed by atoms with Crippen molar-refractivity contribution in [2.45, 2.75) is 38.1 Å². The average molecular weight is 189 g/mol. The molecule has 1 aliphatic rings. The molecular weight excluding hydrogens is 170 g/mol. The van der Waals surface area contributed by atoms with Crippen LogP contribution in [0.1, 0.15) is 20.3 Å². The molecule has 1 saturated heterocycles. The lowest BCUT2D eigenvalue weighted by atomic mass is 10.1. The van der Waals surface area contributed by atoms with Crippen LogP contribution in [-0.4, -0.2) is 57.7 Å². The van der Waals surface area contributed by atoms with E-state index in [0.717, 1.165) is 6.54 Å². The quantitative estimate of drug-likeness (QED) is 0.543. The number of likely N-dealkylation sites (tertiary alicyclic amines) is 1. The molecule has 1 heterocycles. The predicted octanol–water partition coefficient (Wildman–Crippen LogP) is -0.815. The summed E-state index contributed by atoms with van der Waals surface area (Å²) in [6.07, 6.45) is -0.587. The third-order valence-electron chi connectivity index (χ3n) is 2.37. The van der Waals surface area contributed by atoms with Gasteiger partial charge in [0.1, 0.15) is 0 Å². The number of hydrogen-bond donors (Lipinski definition) is 3. The maximum Gasteiger partial charge on any atom is 0.0938 e. The number of hydrogen-bond acceptors (Lipinski definition) is 4. The first-order chi connectivity index (χ1) is 5.88. The minimum absolute atomic E-state index is 0.511. The Balaban J connectivity index is 2.25. The summed E-state index contributed by atoms with van der Waals surface area (Å²) in [6, 6.07) is 0. The molecule has 3 N–H and O–H groups in total. The molecule has 0 saturated carbocycles. The van der Waals surface area contributed by atoms with Gasteiger partial charge in [-0.2, -0.15) is 0 Å². The molecule has 0 aromatic carbocycles. The lowest BCUT2D eigenvalue weighted by Gasteiger charge is -2.21. The SMILES string of the molecule is CC(C)(O)CCN1C[C@@H](O)[C@@H](O)C1. The van der Waals surface area contributed by atoms with Gasteiger partial charge in [0.25, 0.3) is 0 Å². The van der Waals surface area contributed by atoms with E-state index in [-0.39, 0.29) is 0 Å². The van der Waals surface area contributed by atoms with Crippen molar-refractivity contribution in [1.82, 2.24) is 4.90 Å². The van der Waals surface area contributed by atoms with Crippen molar-refractivity contribution in [3.05, 3.63) is 0 Å². The van der Waals surface area contributed by atoms with E-state index in [9.17, 15) is 15.3 Å². The largest absolute Gasteiger partial charge is 0.390 e. The lowest BCUT2D eigenvalue weighted by Crippen LogP contribution is -2.30. The Morgan fingerprint density at radius 1 is 1.23 bits per heavy atom. The normalized spacial score (nSPS) is 31.2. The molecule has 0 aliphatic carbocycles. The fourth-order valence-corrected chi connectivity index (χ4v) is 1.46. The molecule has 2 atom stereocenters. The Kier molecular flexibility index (Phi) is 3.29. The van der Waals surface area contributed by atoms with Gasteiger partial charge in [-0.1, -0.05) is 0 Å². The molecule has 0 amide bonds. The van der Waals surface area contributed by atoms with Gasteiger partial charge >= 0.3 is 0 Å². The molecule has 0 spiro atoms. The Hall–Kier alpha value is -0.160. The Bertz CT molecular complexity index is 157. The highest BCUT2D eigenvalue weighted by atomic mass is 16.3. The van der Waals surface area contributed by atoms with Gasteiger partial charge in [0, 0.05) is 19.6 Å². The number of aliphatic hydroxyl groups is 3. The topological polar surface area (TPSA) is 63.9 Å². The van der Waals surface area contributed by atoms with E-state index in [1.165, 1.54) is 0 Å². The molecule has 0 aromatic heterocycles. The van der Waals surface area contributed by atoms with Crippen molar-refractivity contribution in [2.24, 2.45) is 0 Å². The van der Waals surface area contributed by atoms with E-state index < -0.39 is 17.8 Å². The summed E-state index contributed by atoms with van der Waals surface area (Å²) in [5.74, 6) is 0. The van der Waals surface area contributed by atoms with Crippen molar-refractivity contribution in [2.75, 3.05) is 19.6 Å². The first-order valence-electron chi connectivity index (χ1n) is 4.69. The van der Waals surface area contributed by atoms with Crippen LogP contribution in [0.5, 0.6) is 0 Å². The van der Waals surface area contributed by atoms with E-state index in [0.29, 0.717) is 19.5 Å². The zero-order valence-electron chi connectivity index (χ0n) is 8.27. The molecule has 1 fully saturated rings. The molecule has 4 heteroatoms. The fraction of sp³-hybridized carbons (Fsp3) is 1.00. The summed E-state index contributed by atoms with van der Waals surface area (Å²) in [4.78, 5) is 1.97. The van der Waals surface area contributed by atoms with Crippen LogP contribution in [0.4, 0.5) is 0 Å². The van der Waals surface area contributed by atoms with Crippen molar-refractivity contribution in [3.63, 3.8) is 0 Å². The summed E-state index contributed by atoms with van der Waals surface area (Å²) in [6.45, 7) is 5.26. The summed E-state index contributed by atoms with van der Waals surface area (Å²) < 4.78 is 0. The first kappa shape index (κ1) is 10.9. The van der Waals surface area contributed by atoms with Crippen LogP contribution >= 0.6 is 0 Å². The highest BCUT2D eigenvalue weighted by Crippen LogP contribution is 2.14. The van der Waals surface area contributed by atoms with E-state index in [1.807, 2.05) is 4.90 Å². The maximum absolute atomic E-state index is 9.46. The summed E-state index contributed by atoms with van der Waals surface area (Å²) in [5, 5.41) is 27.9. The summed E-state index contributed by atoms with van der Waals surface area (Å²) >= 11 is 0. The van der Waals surface area contributed by atoms with Gasteiger partial charge in [0.15, 0.2) is 0 Å². The van der Waals surface area contributed by atoms with Crippen molar-refractivity contribution in [1.29, 1.82) is 0 Å². The smallest absolute Gasteiger partial charge is 0.0938 e. The van der Waals surface area contributed by atoms with Crippen LogP contribution < -0.4 is 0 Å². The standard InChI is InChI=1S/C9H19NO3/c1-9(2,13)3-4-10-5-7(11)8(12)6-10/h7-8,11-13H,3-6H2,1-2H3/t7-,8+. The second-order valence-corrected chi connectivity index (χ2v) is 4.46. The lowest BCUT2D eigenvalue weighted by molar-refractivity contribution is 0.0572. The van der Waals surface area contributed by atoms with Gasteiger partial charge in [0.2, 0.25) is 0 Å². The number of rotatable bonds is 3. The molecular formula is C9H19NO3. The van der Waals surface area contributed by atoms with Crippen LogP contribution in [0.25, 0.3) is 0 Å². The molecule has 4 nitrogen and oxygen atoms in total. The molecule has 1 rings (SSSR count). The predicted molar refractivity (Wildman–Crippen MR) is 49.4 cm³/mol. The number of β-amino-alcohol motifs (C(OH)–C–C–N with tert-alkyl or cyclic N) is 2. The minimum atomic E-state index is -0.668. The summed E-state index contributed by atoms with van der Waals surface area (Å²) in [7, 11) is 0. The first-order valence-corrected chi connectivity index (χ1v) is 4.69. The Morgan fingerprint density at radius 2 is 1.69 bits per heavy atom. The molecule has 1 aliphatic heterocycles. The monoisotopic (exact) mass is 189 g/mol. The summed E-state index contributed by atoms with van der Waals surface area (Å²) in [5.41, 5.74) is -0.668.